The molecule has 2 saturated heterocycles. The van der Waals surface area contributed by atoms with Crippen molar-refractivity contribution in [2.45, 2.75) is 31.8 Å². The highest BCUT2D eigenvalue weighted by Gasteiger charge is 2.30. The summed E-state index contributed by atoms with van der Waals surface area (Å²) in [6, 6.07) is 10.9. The van der Waals surface area contributed by atoms with E-state index in [0.29, 0.717) is 0 Å². The molecule has 5 nitrogen and oxygen atoms in total. The minimum atomic E-state index is 0.0861. The Labute approximate surface area is 145 Å². The first kappa shape index (κ1) is 17.2. The van der Waals surface area contributed by atoms with E-state index in [1.165, 1.54) is 5.56 Å². The van der Waals surface area contributed by atoms with Gasteiger partial charge in [0.15, 0.2) is 0 Å². The molecule has 3 rings (SSSR count). The van der Waals surface area contributed by atoms with Gasteiger partial charge in [-0.25, -0.2) is 4.79 Å². The maximum absolute atomic E-state index is 12.7. The first-order valence-electron chi connectivity index (χ1n) is 9.16. The van der Waals surface area contributed by atoms with E-state index < -0.39 is 0 Å². The van der Waals surface area contributed by atoms with Gasteiger partial charge in [-0.15, -0.1) is 0 Å². The number of carbonyl (C=O) groups excluding carboxylic acids is 1. The van der Waals surface area contributed by atoms with Gasteiger partial charge >= 0.3 is 6.03 Å². The lowest BCUT2D eigenvalue weighted by Crippen LogP contribution is -2.51. The van der Waals surface area contributed by atoms with Gasteiger partial charge in [0.05, 0.1) is 6.04 Å². The number of hydrogen-bond acceptors (Lipinski definition) is 3. The van der Waals surface area contributed by atoms with Crippen molar-refractivity contribution in [1.29, 1.82) is 0 Å². The molecule has 2 unspecified atom stereocenters. The topological polar surface area (TPSA) is 38.8 Å². The molecule has 132 valence electrons. The Bertz CT molecular complexity index is 527. The van der Waals surface area contributed by atoms with Gasteiger partial charge in [0, 0.05) is 45.3 Å². The highest BCUT2D eigenvalue weighted by molar-refractivity contribution is 5.75. The number of carbonyl (C=O) groups is 1. The minimum Gasteiger partial charge on any atom is -0.334 e. The second kappa shape index (κ2) is 7.99. The summed E-state index contributed by atoms with van der Waals surface area (Å²) in [7, 11) is 2.17. The molecule has 2 atom stereocenters. The maximum atomic E-state index is 12.7. The van der Waals surface area contributed by atoms with E-state index in [4.69, 9.17) is 0 Å². The summed E-state index contributed by atoms with van der Waals surface area (Å²) in [5.41, 5.74) is 1.25. The Balaban J connectivity index is 1.52. The van der Waals surface area contributed by atoms with Crippen molar-refractivity contribution in [2.75, 3.05) is 46.3 Å². The third-order valence-electron chi connectivity index (χ3n) is 5.20. The van der Waals surface area contributed by atoms with E-state index in [1.54, 1.807) is 0 Å². The van der Waals surface area contributed by atoms with Gasteiger partial charge in [-0.1, -0.05) is 30.3 Å². The third-order valence-corrected chi connectivity index (χ3v) is 5.20. The molecule has 0 spiro atoms. The predicted molar refractivity (Wildman–Crippen MR) is 97.1 cm³/mol. The summed E-state index contributed by atoms with van der Waals surface area (Å²) >= 11 is 0. The Morgan fingerprint density at radius 3 is 2.58 bits per heavy atom. The standard InChI is InChI=1S/C19H30N4O/c1-16(15-22-13-11-21(2)12-14-22)20-19(24)23-10-6-9-18(23)17-7-4-3-5-8-17/h3-5,7-8,16,18H,6,9-15H2,1-2H3,(H,20,24). The maximum Gasteiger partial charge on any atom is 0.318 e. The van der Waals surface area contributed by atoms with Gasteiger partial charge in [0.1, 0.15) is 0 Å². The second-order valence-corrected chi connectivity index (χ2v) is 7.22. The molecule has 1 aromatic rings. The Morgan fingerprint density at radius 2 is 1.88 bits per heavy atom. The lowest BCUT2D eigenvalue weighted by atomic mass is 10.1. The van der Waals surface area contributed by atoms with Gasteiger partial charge < -0.3 is 15.1 Å². The lowest BCUT2D eigenvalue weighted by molar-refractivity contribution is 0.141. The molecule has 2 aliphatic heterocycles. The van der Waals surface area contributed by atoms with Crippen LogP contribution in [0.1, 0.15) is 31.4 Å². The Morgan fingerprint density at radius 1 is 1.17 bits per heavy atom. The largest absolute Gasteiger partial charge is 0.334 e. The first-order chi connectivity index (χ1) is 11.6. The number of amides is 2. The van der Waals surface area contributed by atoms with Crippen molar-refractivity contribution in [3.8, 4) is 0 Å². The summed E-state index contributed by atoms with van der Waals surface area (Å²) in [5.74, 6) is 0. The number of likely N-dealkylation sites (N-methyl/N-ethyl adjacent to an activating group) is 1. The monoisotopic (exact) mass is 330 g/mol. The van der Waals surface area contributed by atoms with Crippen LogP contribution in [-0.4, -0.2) is 73.1 Å². The van der Waals surface area contributed by atoms with Gasteiger partial charge in [-0.05, 0) is 32.4 Å². The van der Waals surface area contributed by atoms with Gasteiger partial charge in [0.2, 0.25) is 0 Å². The molecule has 2 aliphatic rings. The Kier molecular flexibility index (Phi) is 5.74. The SMILES string of the molecule is CC(CN1CCN(C)CC1)NC(=O)N1CCCC1c1ccccc1. The van der Waals surface area contributed by atoms with Crippen LogP contribution in [-0.2, 0) is 0 Å². The summed E-state index contributed by atoms with van der Waals surface area (Å²) in [6.45, 7) is 8.31. The quantitative estimate of drug-likeness (QED) is 0.919. The summed E-state index contributed by atoms with van der Waals surface area (Å²) < 4.78 is 0. The molecular weight excluding hydrogens is 300 g/mol. The number of nitrogens with zero attached hydrogens (tertiary/aromatic N) is 3. The van der Waals surface area contributed by atoms with Gasteiger partial charge in [-0.3, -0.25) is 4.90 Å². The van der Waals surface area contributed by atoms with Crippen LogP contribution >= 0.6 is 0 Å². The summed E-state index contributed by atoms with van der Waals surface area (Å²) in [6.07, 6.45) is 2.14. The molecule has 0 bridgehead atoms. The molecule has 2 heterocycles. The van der Waals surface area contributed by atoms with Crippen molar-refractivity contribution in [3.63, 3.8) is 0 Å². The molecule has 0 saturated carbocycles. The molecule has 0 aliphatic carbocycles. The van der Waals surface area contributed by atoms with Gasteiger partial charge in [0.25, 0.3) is 0 Å². The highest BCUT2D eigenvalue weighted by Crippen LogP contribution is 2.31. The minimum absolute atomic E-state index is 0.0861. The van der Waals surface area contributed by atoms with Crippen LogP contribution in [0.3, 0.4) is 0 Å². The molecule has 24 heavy (non-hydrogen) atoms. The second-order valence-electron chi connectivity index (χ2n) is 7.22. The number of hydrogen-bond donors (Lipinski definition) is 1. The van der Waals surface area contributed by atoms with E-state index in [2.05, 4.69) is 53.4 Å². The number of piperazine rings is 1. The molecule has 1 N–H and O–H groups in total. The van der Waals surface area contributed by atoms with Gasteiger partial charge in [-0.2, -0.15) is 0 Å². The number of rotatable bonds is 4. The molecule has 0 radical (unpaired) electrons. The number of likely N-dealkylation sites (tertiary alicyclic amines) is 1. The van der Waals surface area contributed by atoms with E-state index in [-0.39, 0.29) is 18.1 Å². The fraction of sp³-hybridized carbons (Fsp3) is 0.632. The average Bonchev–Trinajstić information content (AvgIpc) is 3.07. The fourth-order valence-corrected chi connectivity index (χ4v) is 3.79. The molecular formula is C19H30N4O. The van der Waals surface area contributed by atoms with Crippen LogP contribution in [0.15, 0.2) is 30.3 Å². The van der Waals surface area contributed by atoms with Crippen molar-refractivity contribution >= 4 is 6.03 Å². The van der Waals surface area contributed by atoms with Crippen molar-refractivity contribution in [1.82, 2.24) is 20.0 Å². The zero-order valence-corrected chi connectivity index (χ0v) is 14.9. The van der Waals surface area contributed by atoms with Crippen molar-refractivity contribution < 1.29 is 4.79 Å². The third kappa shape index (κ3) is 4.28. The van der Waals surface area contributed by atoms with Crippen LogP contribution in [0.4, 0.5) is 4.79 Å². The van der Waals surface area contributed by atoms with E-state index in [1.807, 2.05) is 11.0 Å². The van der Waals surface area contributed by atoms with Crippen LogP contribution in [0, 0.1) is 0 Å². The normalized spacial score (nSPS) is 24.1. The number of benzene rings is 1. The van der Waals surface area contributed by atoms with Crippen molar-refractivity contribution in [2.24, 2.45) is 0 Å². The van der Waals surface area contributed by atoms with Crippen molar-refractivity contribution in [3.05, 3.63) is 35.9 Å². The lowest BCUT2D eigenvalue weighted by Gasteiger charge is -2.34. The van der Waals surface area contributed by atoms with Crippen LogP contribution in [0.25, 0.3) is 0 Å². The van der Waals surface area contributed by atoms with Crippen LogP contribution in [0.5, 0.6) is 0 Å². The van der Waals surface area contributed by atoms with E-state index in [0.717, 1.165) is 52.1 Å². The Hall–Kier alpha value is -1.59. The van der Waals surface area contributed by atoms with E-state index in [9.17, 15) is 4.79 Å². The number of nitrogens with one attached hydrogen (secondary N) is 1. The van der Waals surface area contributed by atoms with E-state index >= 15 is 0 Å². The van der Waals surface area contributed by atoms with Crippen LogP contribution < -0.4 is 5.32 Å². The molecule has 5 heteroatoms. The van der Waals surface area contributed by atoms with Crippen LogP contribution in [0.2, 0.25) is 0 Å². The predicted octanol–water partition coefficient (Wildman–Crippen LogP) is 2.17. The highest BCUT2D eigenvalue weighted by atomic mass is 16.2. The summed E-state index contributed by atoms with van der Waals surface area (Å²) in [5, 5.41) is 3.21. The smallest absolute Gasteiger partial charge is 0.318 e. The fourth-order valence-electron chi connectivity index (χ4n) is 3.79. The zero-order valence-electron chi connectivity index (χ0n) is 14.9. The first-order valence-corrected chi connectivity index (χ1v) is 9.16. The zero-order chi connectivity index (χ0) is 16.9. The molecule has 1 aromatic carbocycles. The average molecular weight is 330 g/mol. The number of urea groups is 1. The molecule has 2 amide bonds. The summed E-state index contributed by atoms with van der Waals surface area (Å²) in [4.78, 5) is 19.5. The molecule has 2 fully saturated rings. The molecule has 0 aromatic heterocycles.